The highest BCUT2D eigenvalue weighted by molar-refractivity contribution is 6.05. The molecule has 0 spiro atoms. The zero-order valence-corrected chi connectivity index (χ0v) is 9.85. The van der Waals surface area contributed by atoms with E-state index in [0.717, 1.165) is 0 Å². The van der Waals surface area contributed by atoms with Crippen molar-refractivity contribution >= 4 is 23.5 Å². The fraction of sp³-hybridized carbons (Fsp3) is 0.0909. The van der Waals surface area contributed by atoms with E-state index in [9.17, 15) is 14.4 Å². The van der Waals surface area contributed by atoms with Gasteiger partial charge in [-0.05, 0) is 13.0 Å². The molecule has 0 unspecified atom stereocenters. The third-order valence-corrected chi connectivity index (χ3v) is 2.38. The van der Waals surface area contributed by atoms with E-state index in [4.69, 9.17) is 5.11 Å². The summed E-state index contributed by atoms with van der Waals surface area (Å²) in [4.78, 5) is 36.1. The smallest absolute Gasteiger partial charge is 0.353 e. The lowest BCUT2D eigenvalue weighted by molar-refractivity contribution is 0.0690. The number of Topliss-reactive ketones (excluding diaryl/α,β-unsaturated/α-hetero) is 1. The number of nitrogens with zero attached hydrogens (tertiary/aromatic N) is 1. The first-order valence-corrected chi connectivity index (χ1v) is 5.27. The lowest BCUT2D eigenvalue weighted by Gasteiger charge is -1.97. The first-order chi connectivity index (χ1) is 8.97. The van der Waals surface area contributed by atoms with Crippen LogP contribution in [0.5, 0.6) is 0 Å². The van der Waals surface area contributed by atoms with E-state index in [1.165, 1.54) is 25.3 Å². The van der Waals surface area contributed by atoms with E-state index in [0.29, 0.717) is 5.56 Å². The van der Waals surface area contributed by atoms with Crippen LogP contribution in [0.2, 0.25) is 0 Å². The van der Waals surface area contributed by atoms with Crippen molar-refractivity contribution in [3.8, 4) is 0 Å². The monoisotopic (exact) mass is 262 g/mol. The van der Waals surface area contributed by atoms with Crippen LogP contribution in [0.25, 0.3) is 0 Å². The molecule has 98 valence electrons. The molecule has 0 fully saturated rings. The summed E-state index contributed by atoms with van der Waals surface area (Å²) in [6.07, 6.45) is 1.42. The van der Waals surface area contributed by atoms with E-state index in [1.807, 2.05) is 0 Å². The molecule has 1 amide bonds. The maximum absolute atomic E-state index is 11.8. The summed E-state index contributed by atoms with van der Waals surface area (Å²) in [6.45, 7) is 1.39. The molecule has 0 aromatic carbocycles. The van der Waals surface area contributed by atoms with Gasteiger partial charge in [-0.1, -0.05) is 0 Å². The number of carboxylic acids is 1. The number of nitrogens with one attached hydrogen (secondary N) is 3. The third kappa shape index (κ3) is 2.68. The van der Waals surface area contributed by atoms with Crippen LogP contribution in [0.3, 0.4) is 0 Å². The molecular formula is C11H10N4O4. The van der Waals surface area contributed by atoms with Gasteiger partial charge in [0.15, 0.2) is 11.6 Å². The predicted molar refractivity (Wildman–Crippen MR) is 64.3 cm³/mol. The van der Waals surface area contributed by atoms with Gasteiger partial charge in [0.25, 0.3) is 5.91 Å². The number of H-pyrrole nitrogens is 2. The number of rotatable bonds is 4. The number of hydrogen-bond acceptors (Lipinski definition) is 4. The van der Waals surface area contributed by atoms with Crippen LogP contribution in [-0.4, -0.2) is 37.9 Å². The summed E-state index contributed by atoms with van der Waals surface area (Å²) >= 11 is 0. The van der Waals surface area contributed by atoms with Gasteiger partial charge in [-0.2, -0.15) is 5.10 Å². The summed E-state index contributed by atoms with van der Waals surface area (Å²) in [5.74, 6) is -1.77. The Morgan fingerprint density at radius 2 is 2.00 bits per heavy atom. The van der Waals surface area contributed by atoms with Crippen LogP contribution >= 0.6 is 0 Å². The molecule has 8 nitrogen and oxygen atoms in total. The van der Waals surface area contributed by atoms with Crippen molar-refractivity contribution in [1.82, 2.24) is 15.2 Å². The molecule has 0 aliphatic carbocycles. The molecule has 2 heterocycles. The van der Waals surface area contributed by atoms with Gasteiger partial charge in [0.2, 0.25) is 0 Å². The number of carbonyl (C=O) groups excluding carboxylic acids is 2. The number of amides is 1. The molecule has 2 aromatic heterocycles. The number of hydrogen-bond donors (Lipinski definition) is 4. The molecule has 0 bridgehead atoms. The van der Waals surface area contributed by atoms with Crippen molar-refractivity contribution in [2.24, 2.45) is 0 Å². The van der Waals surface area contributed by atoms with Gasteiger partial charge in [0.05, 0.1) is 0 Å². The van der Waals surface area contributed by atoms with E-state index < -0.39 is 11.9 Å². The number of aromatic amines is 2. The van der Waals surface area contributed by atoms with E-state index in [1.54, 1.807) is 0 Å². The van der Waals surface area contributed by atoms with Gasteiger partial charge in [-0.25, -0.2) is 4.79 Å². The van der Waals surface area contributed by atoms with Crippen LogP contribution in [0.1, 0.15) is 38.3 Å². The number of ketones is 1. The van der Waals surface area contributed by atoms with Crippen molar-refractivity contribution in [2.75, 3.05) is 5.32 Å². The molecule has 0 aliphatic rings. The van der Waals surface area contributed by atoms with Crippen LogP contribution in [0, 0.1) is 0 Å². The average molecular weight is 262 g/mol. The van der Waals surface area contributed by atoms with Gasteiger partial charge >= 0.3 is 5.97 Å². The minimum absolute atomic E-state index is 0.0846. The van der Waals surface area contributed by atoms with Crippen LogP contribution < -0.4 is 5.32 Å². The highest BCUT2D eigenvalue weighted by atomic mass is 16.4. The van der Waals surface area contributed by atoms with E-state index >= 15 is 0 Å². The highest BCUT2D eigenvalue weighted by Crippen LogP contribution is 2.09. The second-order valence-electron chi connectivity index (χ2n) is 3.78. The zero-order valence-electron chi connectivity index (χ0n) is 9.85. The topological polar surface area (TPSA) is 128 Å². The van der Waals surface area contributed by atoms with Crippen molar-refractivity contribution < 1.29 is 19.5 Å². The Balaban J connectivity index is 2.11. The molecule has 4 N–H and O–H groups in total. The predicted octanol–water partition coefficient (Wildman–Crippen LogP) is 0.891. The maximum Gasteiger partial charge on any atom is 0.353 e. The number of aromatic nitrogens is 3. The summed E-state index contributed by atoms with van der Waals surface area (Å²) in [5, 5.41) is 17.0. The molecule has 0 saturated heterocycles. The van der Waals surface area contributed by atoms with Crippen molar-refractivity contribution in [3.63, 3.8) is 0 Å². The maximum atomic E-state index is 11.8. The Kier molecular flexibility index (Phi) is 3.15. The number of carboxylic acid groups (broad SMARTS) is 1. The van der Waals surface area contributed by atoms with Crippen molar-refractivity contribution in [2.45, 2.75) is 6.92 Å². The fourth-order valence-electron chi connectivity index (χ4n) is 1.41. The van der Waals surface area contributed by atoms with Crippen LogP contribution in [0.15, 0.2) is 18.3 Å². The lowest BCUT2D eigenvalue weighted by atomic mass is 10.2. The molecule has 0 saturated carbocycles. The number of anilines is 1. The Bertz CT molecular complexity index is 655. The third-order valence-electron chi connectivity index (χ3n) is 2.38. The number of carbonyl (C=O) groups is 3. The molecule has 2 rings (SSSR count). The second kappa shape index (κ2) is 4.77. The molecule has 19 heavy (non-hydrogen) atoms. The summed E-state index contributed by atoms with van der Waals surface area (Å²) in [6, 6.07) is 2.59. The van der Waals surface area contributed by atoms with Crippen LogP contribution in [0.4, 0.5) is 5.82 Å². The van der Waals surface area contributed by atoms with Gasteiger partial charge < -0.3 is 15.4 Å². The first-order valence-electron chi connectivity index (χ1n) is 5.27. The minimum Gasteiger partial charge on any atom is -0.477 e. The molecule has 0 aliphatic heterocycles. The van der Waals surface area contributed by atoms with Crippen molar-refractivity contribution in [1.29, 1.82) is 0 Å². The minimum atomic E-state index is -1.17. The lowest BCUT2D eigenvalue weighted by Crippen LogP contribution is -2.12. The Morgan fingerprint density at radius 1 is 1.26 bits per heavy atom. The van der Waals surface area contributed by atoms with Gasteiger partial charge in [0.1, 0.15) is 11.4 Å². The summed E-state index contributed by atoms with van der Waals surface area (Å²) in [7, 11) is 0. The molecular weight excluding hydrogens is 252 g/mol. The number of aromatic carboxylic acids is 1. The first kappa shape index (κ1) is 12.6. The Morgan fingerprint density at radius 3 is 2.53 bits per heavy atom. The standard InChI is InChI=1S/C11H10N4O4/c1-5(16)6-2-7(12-4-6)10(17)13-9-3-8(11(18)19)14-15-9/h2-4,12H,1H3,(H,18,19)(H2,13,14,15,17). The fourth-order valence-corrected chi connectivity index (χ4v) is 1.41. The normalized spacial score (nSPS) is 10.2. The Hall–Kier alpha value is -2.90. The van der Waals surface area contributed by atoms with Crippen LogP contribution in [-0.2, 0) is 0 Å². The SMILES string of the molecule is CC(=O)c1c[nH]c(C(=O)Nc2cc(C(=O)O)[nH]n2)c1. The largest absolute Gasteiger partial charge is 0.477 e. The molecule has 0 radical (unpaired) electrons. The average Bonchev–Trinajstić information content (AvgIpc) is 2.96. The van der Waals surface area contributed by atoms with Gasteiger partial charge in [-0.3, -0.25) is 14.7 Å². The van der Waals surface area contributed by atoms with Gasteiger partial charge in [0, 0.05) is 17.8 Å². The molecule has 8 heteroatoms. The van der Waals surface area contributed by atoms with Gasteiger partial charge in [-0.15, -0.1) is 0 Å². The molecule has 2 aromatic rings. The summed E-state index contributed by atoms with van der Waals surface area (Å²) in [5.41, 5.74) is 0.440. The van der Waals surface area contributed by atoms with Crippen molar-refractivity contribution in [3.05, 3.63) is 35.3 Å². The Labute approximate surface area is 106 Å². The van der Waals surface area contributed by atoms with E-state index in [2.05, 4.69) is 20.5 Å². The second-order valence-corrected chi connectivity index (χ2v) is 3.78. The zero-order chi connectivity index (χ0) is 14.0. The molecule has 0 atom stereocenters. The quantitative estimate of drug-likeness (QED) is 0.608. The van der Waals surface area contributed by atoms with E-state index in [-0.39, 0.29) is 23.0 Å². The summed E-state index contributed by atoms with van der Waals surface area (Å²) < 4.78 is 0. The highest BCUT2D eigenvalue weighted by Gasteiger charge is 2.13.